The molecule has 0 unspecified atom stereocenters. The second kappa shape index (κ2) is 3.80. The molecule has 0 bridgehead atoms. The fourth-order valence-corrected chi connectivity index (χ4v) is 1.85. The SMILES string of the molecule is CC1(C)CCC(CNC#N)CC1. The molecule has 12 heavy (non-hydrogen) atoms. The van der Waals surface area contributed by atoms with Crippen LogP contribution in [0.5, 0.6) is 0 Å². The van der Waals surface area contributed by atoms with Gasteiger partial charge < -0.3 is 5.32 Å². The van der Waals surface area contributed by atoms with E-state index in [1.165, 1.54) is 25.7 Å². The van der Waals surface area contributed by atoms with Crippen LogP contribution in [0.25, 0.3) is 0 Å². The highest BCUT2D eigenvalue weighted by Crippen LogP contribution is 2.37. The third-order valence-electron chi connectivity index (χ3n) is 2.93. The first kappa shape index (κ1) is 9.38. The standard InChI is InChI=1S/C10H18N2/c1-10(2)5-3-9(4-6-10)7-12-8-11/h9,12H,3-7H2,1-2H3. The Morgan fingerprint density at radius 2 is 2.00 bits per heavy atom. The van der Waals surface area contributed by atoms with Crippen LogP contribution in [-0.4, -0.2) is 6.54 Å². The molecule has 1 rings (SSSR count). The zero-order chi connectivity index (χ0) is 9.03. The molecule has 1 N–H and O–H groups in total. The van der Waals surface area contributed by atoms with E-state index in [9.17, 15) is 0 Å². The van der Waals surface area contributed by atoms with Gasteiger partial charge >= 0.3 is 0 Å². The lowest BCUT2D eigenvalue weighted by Crippen LogP contribution is -2.27. The maximum atomic E-state index is 8.34. The highest BCUT2D eigenvalue weighted by atomic mass is 14.8. The summed E-state index contributed by atoms with van der Waals surface area (Å²) in [6, 6.07) is 0. The van der Waals surface area contributed by atoms with Gasteiger partial charge in [0.05, 0.1) is 0 Å². The Labute approximate surface area is 75.0 Å². The van der Waals surface area contributed by atoms with Crippen molar-refractivity contribution in [2.75, 3.05) is 6.54 Å². The summed E-state index contributed by atoms with van der Waals surface area (Å²) in [7, 11) is 0. The Bertz CT molecular complexity index is 169. The smallest absolute Gasteiger partial charge is 0.176 e. The van der Waals surface area contributed by atoms with Gasteiger partial charge in [0.15, 0.2) is 6.19 Å². The molecule has 0 radical (unpaired) electrons. The van der Waals surface area contributed by atoms with Crippen LogP contribution in [0.15, 0.2) is 0 Å². The van der Waals surface area contributed by atoms with E-state index in [-0.39, 0.29) is 0 Å². The normalized spacial score (nSPS) is 23.1. The van der Waals surface area contributed by atoms with Crippen molar-refractivity contribution in [1.29, 1.82) is 5.26 Å². The number of rotatable bonds is 2. The molecular formula is C10H18N2. The molecule has 0 spiro atoms. The van der Waals surface area contributed by atoms with E-state index >= 15 is 0 Å². The molecule has 68 valence electrons. The van der Waals surface area contributed by atoms with E-state index in [0.717, 1.165) is 12.5 Å². The van der Waals surface area contributed by atoms with Crippen molar-refractivity contribution in [3.8, 4) is 6.19 Å². The van der Waals surface area contributed by atoms with Crippen LogP contribution < -0.4 is 5.32 Å². The molecule has 0 aromatic heterocycles. The largest absolute Gasteiger partial charge is 0.324 e. The quantitative estimate of drug-likeness (QED) is 0.504. The molecule has 0 saturated heterocycles. The number of nitrogens with one attached hydrogen (secondary N) is 1. The predicted octanol–water partition coefficient (Wildman–Crippen LogP) is 2.27. The van der Waals surface area contributed by atoms with E-state index in [2.05, 4.69) is 19.2 Å². The van der Waals surface area contributed by atoms with Crippen LogP contribution in [-0.2, 0) is 0 Å². The number of hydrogen-bond donors (Lipinski definition) is 1. The molecule has 1 saturated carbocycles. The molecule has 1 fully saturated rings. The Balaban J connectivity index is 2.23. The van der Waals surface area contributed by atoms with Crippen LogP contribution in [0.2, 0.25) is 0 Å². The Kier molecular flexibility index (Phi) is 2.97. The molecule has 0 aromatic carbocycles. The van der Waals surface area contributed by atoms with Crippen molar-refractivity contribution in [1.82, 2.24) is 5.32 Å². The van der Waals surface area contributed by atoms with Gasteiger partial charge in [-0.15, -0.1) is 0 Å². The summed E-state index contributed by atoms with van der Waals surface area (Å²) in [6.45, 7) is 5.55. The third-order valence-corrected chi connectivity index (χ3v) is 2.93. The highest BCUT2D eigenvalue weighted by Gasteiger charge is 2.26. The van der Waals surface area contributed by atoms with Crippen molar-refractivity contribution >= 4 is 0 Å². The lowest BCUT2D eigenvalue weighted by atomic mass is 9.73. The summed E-state index contributed by atoms with van der Waals surface area (Å²) >= 11 is 0. The van der Waals surface area contributed by atoms with Gasteiger partial charge in [0.1, 0.15) is 0 Å². The van der Waals surface area contributed by atoms with Crippen LogP contribution in [0.3, 0.4) is 0 Å². The highest BCUT2D eigenvalue weighted by molar-refractivity contribution is 4.80. The van der Waals surface area contributed by atoms with Gasteiger partial charge in [0.2, 0.25) is 0 Å². The van der Waals surface area contributed by atoms with Crippen LogP contribution in [0, 0.1) is 22.8 Å². The number of nitriles is 1. The van der Waals surface area contributed by atoms with E-state index in [4.69, 9.17) is 5.26 Å². The van der Waals surface area contributed by atoms with E-state index in [1.54, 1.807) is 0 Å². The number of nitrogens with zero attached hydrogens (tertiary/aromatic N) is 1. The third kappa shape index (κ3) is 2.73. The van der Waals surface area contributed by atoms with Gasteiger partial charge in [0.25, 0.3) is 0 Å². The molecule has 0 amide bonds. The van der Waals surface area contributed by atoms with Gasteiger partial charge in [-0.1, -0.05) is 13.8 Å². The Morgan fingerprint density at radius 1 is 1.42 bits per heavy atom. The molecule has 0 aliphatic heterocycles. The molecule has 2 heteroatoms. The van der Waals surface area contributed by atoms with Crippen molar-refractivity contribution in [2.45, 2.75) is 39.5 Å². The summed E-state index contributed by atoms with van der Waals surface area (Å²) in [5, 5.41) is 11.1. The summed E-state index contributed by atoms with van der Waals surface area (Å²) in [6.07, 6.45) is 7.17. The molecule has 2 nitrogen and oxygen atoms in total. The van der Waals surface area contributed by atoms with Gasteiger partial charge in [-0.3, -0.25) is 0 Å². The van der Waals surface area contributed by atoms with Crippen molar-refractivity contribution < 1.29 is 0 Å². The lowest BCUT2D eigenvalue weighted by Gasteiger charge is -2.33. The summed E-state index contributed by atoms with van der Waals surface area (Å²) in [5.74, 6) is 0.734. The zero-order valence-corrected chi connectivity index (χ0v) is 8.06. The van der Waals surface area contributed by atoms with E-state index in [0.29, 0.717) is 5.41 Å². The lowest BCUT2D eigenvalue weighted by molar-refractivity contribution is 0.192. The Hall–Kier alpha value is -0.710. The van der Waals surface area contributed by atoms with Crippen molar-refractivity contribution in [2.24, 2.45) is 11.3 Å². The van der Waals surface area contributed by atoms with Crippen molar-refractivity contribution in [3.63, 3.8) is 0 Å². The van der Waals surface area contributed by atoms with Gasteiger partial charge in [0, 0.05) is 6.54 Å². The molecular weight excluding hydrogens is 148 g/mol. The summed E-state index contributed by atoms with van der Waals surface area (Å²) in [5.41, 5.74) is 0.545. The minimum absolute atomic E-state index is 0.545. The maximum Gasteiger partial charge on any atom is 0.176 e. The molecule has 0 aromatic rings. The second-order valence-corrected chi connectivity index (χ2v) is 4.60. The fourth-order valence-electron chi connectivity index (χ4n) is 1.85. The maximum absolute atomic E-state index is 8.34. The van der Waals surface area contributed by atoms with Gasteiger partial charge in [-0.05, 0) is 37.0 Å². The van der Waals surface area contributed by atoms with E-state index in [1.807, 2.05) is 6.19 Å². The Morgan fingerprint density at radius 3 is 2.50 bits per heavy atom. The zero-order valence-electron chi connectivity index (χ0n) is 8.06. The average Bonchev–Trinajstić information content (AvgIpc) is 2.03. The first-order valence-corrected chi connectivity index (χ1v) is 4.76. The minimum Gasteiger partial charge on any atom is -0.324 e. The molecule has 1 aliphatic rings. The minimum atomic E-state index is 0.545. The first-order valence-electron chi connectivity index (χ1n) is 4.76. The van der Waals surface area contributed by atoms with Crippen LogP contribution >= 0.6 is 0 Å². The number of hydrogen-bond acceptors (Lipinski definition) is 2. The molecule has 0 atom stereocenters. The van der Waals surface area contributed by atoms with Gasteiger partial charge in [-0.25, -0.2) is 0 Å². The fraction of sp³-hybridized carbons (Fsp3) is 0.900. The predicted molar refractivity (Wildman–Crippen MR) is 49.4 cm³/mol. The monoisotopic (exact) mass is 166 g/mol. The van der Waals surface area contributed by atoms with Gasteiger partial charge in [-0.2, -0.15) is 5.26 Å². The molecule has 1 aliphatic carbocycles. The van der Waals surface area contributed by atoms with Crippen LogP contribution in [0.1, 0.15) is 39.5 Å². The van der Waals surface area contributed by atoms with E-state index < -0.39 is 0 Å². The first-order chi connectivity index (χ1) is 5.64. The summed E-state index contributed by atoms with van der Waals surface area (Å²) in [4.78, 5) is 0. The van der Waals surface area contributed by atoms with Crippen molar-refractivity contribution in [3.05, 3.63) is 0 Å². The molecule has 0 heterocycles. The average molecular weight is 166 g/mol. The second-order valence-electron chi connectivity index (χ2n) is 4.60. The van der Waals surface area contributed by atoms with Crippen LogP contribution in [0.4, 0.5) is 0 Å². The summed E-state index contributed by atoms with van der Waals surface area (Å²) < 4.78 is 0. The topological polar surface area (TPSA) is 35.8 Å².